The molecular formula is C29H24F6O. The van der Waals surface area contributed by atoms with Crippen molar-refractivity contribution in [3.8, 4) is 11.1 Å². The lowest BCUT2D eigenvalue weighted by atomic mass is 9.81. The van der Waals surface area contributed by atoms with Gasteiger partial charge >= 0.3 is 0 Å². The Hall–Kier alpha value is -3.06. The third-order valence-electron chi connectivity index (χ3n) is 7.07. The molecule has 2 atom stereocenters. The molecule has 5 rings (SSSR count). The normalized spacial score (nSPS) is 19.4. The number of aryl methyl sites for hydroxylation is 1. The molecule has 0 spiro atoms. The molecule has 3 aromatic carbocycles. The van der Waals surface area contributed by atoms with Crippen LogP contribution in [0.5, 0.6) is 0 Å². The first kappa shape index (κ1) is 24.6. The standard InChI is InChI=1S/C29H24F6O/c1-2-3-17-8-9-18(25(31)24(17)30)15-4-6-16(7-5-15)19-10-11-20(27(33)26(19)32)21-12-13-22(23-14-36-23)29(35)28(21)34/h4,8-13,16,23H,2-3,5-7,14H2,1H3. The summed E-state index contributed by atoms with van der Waals surface area (Å²) in [7, 11) is 0. The highest BCUT2D eigenvalue weighted by Crippen LogP contribution is 2.41. The van der Waals surface area contributed by atoms with Crippen LogP contribution in [0.15, 0.2) is 42.5 Å². The summed E-state index contributed by atoms with van der Waals surface area (Å²) in [4.78, 5) is 0. The number of allylic oxidation sites excluding steroid dienone is 2. The Balaban J connectivity index is 1.39. The molecule has 1 aliphatic heterocycles. The molecule has 0 N–H and O–H groups in total. The number of benzene rings is 3. The summed E-state index contributed by atoms with van der Waals surface area (Å²) in [5.41, 5.74) is 0.570. The van der Waals surface area contributed by atoms with E-state index in [1.54, 1.807) is 18.2 Å². The van der Waals surface area contributed by atoms with Crippen molar-refractivity contribution >= 4 is 5.57 Å². The van der Waals surface area contributed by atoms with Gasteiger partial charge in [-0.2, -0.15) is 0 Å². The maximum Gasteiger partial charge on any atom is 0.167 e. The second kappa shape index (κ2) is 9.77. The van der Waals surface area contributed by atoms with E-state index in [2.05, 4.69) is 0 Å². The van der Waals surface area contributed by atoms with Crippen molar-refractivity contribution in [1.29, 1.82) is 0 Å². The average Bonchev–Trinajstić information content (AvgIpc) is 3.72. The van der Waals surface area contributed by atoms with Crippen LogP contribution >= 0.6 is 0 Å². The summed E-state index contributed by atoms with van der Waals surface area (Å²) in [5, 5.41) is 0. The van der Waals surface area contributed by atoms with E-state index in [-0.39, 0.29) is 40.3 Å². The molecule has 2 unspecified atom stereocenters. The molecular weight excluding hydrogens is 478 g/mol. The van der Waals surface area contributed by atoms with Gasteiger partial charge in [-0.15, -0.1) is 0 Å². The summed E-state index contributed by atoms with van der Waals surface area (Å²) in [6, 6.07) is 8.33. The summed E-state index contributed by atoms with van der Waals surface area (Å²) in [6.07, 6.45) is 3.43. The van der Waals surface area contributed by atoms with Crippen LogP contribution < -0.4 is 0 Å². The van der Waals surface area contributed by atoms with E-state index < -0.39 is 41.0 Å². The number of halogens is 6. The van der Waals surface area contributed by atoms with Crippen LogP contribution in [-0.2, 0) is 11.2 Å². The topological polar surface area (TPSA) is 12.5 Å². The smallest absolute Gasteiger partial charge is 0.167 e. The van der Waals surface area contributed by atoms with E-state index in [0.29, 0.717) is 43.2 Å². The molecule has 2 aliphatic rings. The largest absolute Gasteiger partial charge is 0.368 e. The molecule has 0 amide bonds. The first-order chi connectivity index (χ1) is 17.3. The van der Waals surface area contributed by atoms with Gasteiger partial charge in [0.05, 0.1) is 6.61 Å². The van der Waals surface area contributed by atoms with Gasteiger partial charge in [-0.25, -0.2) is 26.3 Å². The monoisotopic (exact) mass is 502 g/mol. The molecule has 1 saturated heterocycles. The fraction of sp³-hybridized carbons (Fsp3) is 0.310. The highest BCUT2D eigenvalue weighted by Gasteiger charge is 2.31. The van der Waals surface area contributed by atoms with Crippen molar-refractivity contribution in [3.63, 3.8) is 0 Å². The van der Waals surface area contributed by atoms with Crippen molar-refractivity contribution in [1.82, 2.24) is 0 Å². The van der Waals surface area contributed by atoms with E-state index in [9.17, 15) is 17.6 Å². The van der Waals surface area contributed by atoms with Gasteiger partial charge in [-0.1, -0.05) is 55.8 Å². The minimum atomic E-state index is -1.25. The summed E-state index contributed by atoms with van der Waals surface area (Å²) in [6.45, 7) is 2.18. The van der Waals surface area contributed by atoms with E-state index in [1.807, 2.05) is 6.92 Å². The van der Waals surface area contributed by atoms with Gasteiger partial charge in [0.2, 0.25) is 0 Å². The number of hydrogen-bond acceptors (Lipinski definition) is 1. The maximum atomic E-state index is 15.1. The first-order valence-electron chi connectivity index (χ1n) is 12.1. The van der Waals surface area contributed by atoms with Gasteiger partial charge < -0.3 is 4.74 Å². The molecule has 1 nitrogen and oxygen atoms in total. The zero-order valence-electron chi connectivity index (χ0n) is 19.6. The van der Waals surface area contributed by atoms with Crippen molar-refractivity contribution < 1.29 is 31.1 Å². The van der Waals surface area contributed by atoms with Gasteiger partial charge in [0, 0.05) is 22.3 Å². The summed E-state index contributed by atoms with van der Waals surface area (Å²) >= 11 is 0. The van der Waals surface area contributed by atoms with Crippen LogP contribution in [0, 0.1) is 34.9 Å². The van der Waals surface area contributed by atoms with Crippen molar-refractivity contribution in [2.75, 3.05) is 6.61 Å². The highest BCUT2D eigenvalue weighted by atomic mass is 19.2. The van der Waals surface area contributed by atoms with Gasteiger partial charge in [-0.05, 0) is 48.3 Å². The Morgan fingerprint density at radius 3 is 1.89 bits per heavy atom. The Morgan fingerprint density at radius 2 is 1.31 bits per heavy atom. The van der Waals surface area contributed by atoms with Crippen LogP contribution in [-0.4, -0.2) is 6.61 Å². The van der Waals surface area contributed by atoms with Crippen LogP contribution in [0.2, 0.25) is 0 Å². The van der Waals surface area contributed by atoms with Crippen LogP contribution in [0.1, 0.15) is 66.9 Å². The van der Waals surface area contributed by atoms with Gasteiger partial charge in [-0.3, -0.25) is 0 Å². The third-order valence-corrected chi connectivity index (χ3v) is 7.07. The molecule has 3 aromatic rings. The molecule has 0 bridgehead atoms. The lowest BCUT2D eigenvalue weighted by molar-refractivity contribution is 0.401. The minimum absolute atomic E-state index is 0.0508. The molecule has 0 radical (unpaired) electrons. The van der Waals surface area contributed by atoms with Crippen molar-refractivity contribution in [2.24, 2.45) is 0 Å². The maximum absolute atomic E-state index is 15.1. The lowest BCUT2D eigenvalue weighted by Crippen LogP contribution is -2.09. The van der Waals surface area contributed by atoms with E-state index in [0.717, 1.165) is 0 Å². The van der Waals surface area contributed by atoms with Gasteiger partial charge in [0.1, 0.15) is 6.10 Å². The fourth-order valence-electron chi connectivity index (χ4n) is 5.00. The predicted octanol–water partition coefficient (Wildman–Crippen LogP) is 8.56. The number of rotatable bonds is 6. The number of epoxide rings is 1. The summed E-state index contributed by atoms with van der Waals surface area (Å²) < 4.78 is 93.2. The van der Waals surface area contributed by atoms with Crippen molar-refractivity contribution in [3.05, 3.63) is 99.6 Å². The van der Waals surface area contributed by atoms with Crippen molar-refractivity contribution in [2.45, 2.75) is 51.0 Å². The Labute approximate surface area is 205 Å². The predicted molar refractivity (Wildman–Crippen MR) is 125 cm³/mol. The van der Waals surface area contributed by atoms with Crippen LogP contribution in [0.4, 0.5) is 26.3 Å². The zero-order valence-corrected chi connectivity index (χ0v) is 19.6. The zero-order chi connectivity index (χ0) is 25.6. The Morgan fingerprint density at radius 1 is 0.722 bits per heavy atom. The molecule has 0 saturated carbocycles. The molecule has 7 heteroatoms. The molecule has 36 heavy (non-hydrogen) atoms. The van der Waals surface area contributed by atoms with E-state index >= 15 is 8.78 Å². The number of ether oxygens (including phenoxy) is 1. The molecule has 1 heterocycles. The van der Waals surface area contributed by atoms with E-state index in [1.165, 1.54) is 24.3 Å². The Bertz CT molecular complexity index is 1360. The second-order valence-electron chi connectivity index (χ2n) is 9.33. The van der Waals surface area contributed by atoms with Gasteiger partial charge in [0.15, 0.2) is 34.9 Å². The van der Waals surface area contributed by atoms with Crippen LogP contribution in [0.25, 0.3) is 16.7 Å². The Kier molecular flexibility index (Phi) is 6.68. The molecule has 0 aromatic heterocycles. The SMILES string of the molecule is CCCc1ccc(C2=CCC(c3ccc(-c4ccc(C5CO5)c(F)c4F)c(F)c3F)CC2)c(F)c1F. The second-order valence-corrected chi connectivity index (χ2v) is 9.33. The quantitative estimate of drug-likeness (QED) is 0.243. The fourth-order valence-corrected chi connectivity index (χ4v) is 5.00. The van der Waals surface area contributed by atoms with Crippen LogP contribution in [0.3, 0.4) is 0 Å². The van der Waals surface area contributed by atoms with E-state index in [4.69, 9.17) is 4.74 Å². The third kappa shape index (κ3) is 4.34. The summed E-state index contributed by atoms with van der Waals surface area (Å²) in [5.74, 6) is -6.88. The molecule has 188 valence electrons. The first-order valence-corrected chi connectivity index (χ1v) is 12.1. The lowest BCUT2D eigenvalue weighted by Gasteiger charge is -2.24. The highest BCUT2D eigenvalue weighted by molar-refractivity contribution is 5.69. The molecule has 1 aliphatic carbocycles. The molecule has 1 fully saturated rings. The number of hydrogen-bond donors (Lipinski definition) is 0. The van der Waals surface area contributed by atoms with Gasteiger partial charge in [0.25, 0.3) is 0 Å². The minimum Gasteiger partial charge on any atom is -0.368 e. The average molecular weight is 502 g/mol.